The molecule has 0 aliphatic carbocycles. The van der Waals surface area contributed by atoms with Gasteiger partial charge in [0.05, 0.1) is 6.61 Å². The Morgan fingerprint density at radius 1 is 0.548 bits per heavy atom. The maximum atomic E-state index is 12.8. The number of ether oxygens (including phenoxy) is 4. The first-order valence-electron chi connectivity index (χ1n) is 23.5. The summed E-state index contributed by atoms with van der Waals surface area (Å²) >= 11 is 0. The third-order valence-corrected chi connectivity index (χ3v) is 11.0. The van der Waals surface area contributed by atoms with Crippen molar-refractivity contribution in [2.45, 2.75) is 205 Å². The lowest BCUT2D eigenvalue weighted by atomic mass is 10.00. The van der Waals surface area contributed by atoms with Crippen LogP contribution in [0.2, 0.25) is 0 Å². The van der Waals surface area contributed by atoms with Gasteiger partial charge in [0.15, 0.2) is 12.4 Å². The summed E-state index contributed by atoms with van der Waals surface area (Å²) < 4.78 is 54.1. The fourth-order valence-corrected chi connectivity index (χ4v) is 7.26. The fourth-order valence-electron chi connectivity index (χ4n) is 6.57. The van der Waals surface area contributed by atoms with Crippen LogP contribution in [0.25, 0.3) is 0 Å². The maximum absolute atomic E-state index is 12.8. The van der Waals surface area contributed by atoms with Crippen molar-refractivity contribution < 1.29 is 56.8 Å². The van der Waals surface area contributed by atoms with Crippen molar-refractivity contribution in [2.75, 3.05) is 19.0 Å². The normalized spacial score (nSPS) is 20.5. The zero-order chi connectivity index (χ0) is 45.5. The summed E-state index contributed by atoms with van der Waals surface area (Å²) in [6, 6.07) is 0. The summed E-state index contributed by atoms with van der Waals surface area (Å²) in [5, 5.41) is 30.9. The van der Waals surface area contributed by atoms with Crippen LogP contribution in [0, 0.1) is 0 Å². The number of esters is 2. The number of allylic oxidation sites excluding steroid dienone is 12. The molecule has 0 amide bonds. The molecular weight excluding hydrogens is 813 g/mol. The van der Waals surface area contributed by atoms with Gasteiger partial charge in [-0.2, -0.15) is 8.42 Å². The second kappa shape index (κ2) is 38.5. The van der Waals surface area contributed by atoms with Crippen LogP contribution in [0.1, 0.15) is 168 Å². The molecule has 2 unspecified atom stereocenters. The maximum Gasteiger partial charge on any atom is 0.306 e. The van der Waals surface area contributed by atoms with Gasteiger partial charge < -0.3 is 34.3 Å². The molecule has 1 aliphatic heterocycles. The molecule has 1 saturated heterocycles. The smallest absolute Gasteiger partial charge is 0.306 e. The molecule has 1 rings (SSSR count). The second-order valence-corrected chi connectivity index (χ2v) is 17.6. The van der Waals surface area contributed by atoms with Gasteiger partial charge in [-0.3, -0.25) is 14.1 Å². The quantitative estimate of drug-likeness (QED) is 0.0199. The second-order valence-electron chi connectivity index (χ2n) is 16.1. The molecule has 4 N–H and O–H groups in total. The summed E-state index contributed by atoms with van der Waals surface area (Å²) in [4.78, 5) is 25.4. The molecule has 0 aromatic rings. The Bertz CT molecular complexity index is 1420. The molecule has 0 aromatic heterocycles. The minimum atomic E-state index is -4.61. The van der Waals surface area contributed by atoms with E-state index in [1.54, 1.807) is 0 Å². The summed E-state index contributed by atoms with van der Waals surface area (Å²) in [6.07, 6.45) is 39.4. The Kier molecular flexibility index (Phi) is 35.5. The van der Waals surface area contributed by atoms with E-state index in [1.165, 1.54) is 38.5 Å². The lowest BCUT2D eigenvalue weighted by Crippen LogP contribution is -2.60. The van der Waals surface area contributed by atoms with E-state index in [2.05, 4.69) is 86.8 Å². The number of hydrogen-bond acceptors (Lipinski definition) is 11. The van der Waals surface area contributed by atoms with Crippen LogP contribution in [-0.4, -0.2) is 96.0 Å². The van der Waals surface area contributed by atoms with Crippen molar-refractivity contribution in [3.05, 3.63) is 72.9 Å². The van der Waals surface area contributed by atoms with Crippen LogP contribution in [-0.2, 0) is 38.7 Å². The number of carbonyl (C=O) groups excluding carboxylic acids is 2. The van der Waals surface area contributed by atoms with Gasteiger partial charge in [0.2, 0.25) is 0 Å². The molecule has 0 bridgehead atoms. The van der Waals surface area contributed by atoms with Gasteiger partial charge in [0, 0.05) is 12.8 Å². The highest BCUT2D eigenvalue weighted by Gasteiger charge is 2.46. The monoisotopic (exact) mass is 895 g/mol. The van der Waals surface area contributed by atoms with E-state index in [1.807, 2.05) is 0 Å². The third-order valence-electron chi connectivity index (χ3n) is 10.3. The van der Waals surface area contributed by atoms with Crippen LogP contribution in [0.4, 0.5) is 0 Å². The number of aliphatic hydroxyl groups is 3. The first-order chi connectivity index (χ1) is 30.0. The number of carbonyl (C=O) groups is 2. The molecule has 1 heterocycles. The molecule has 356 valence electrons. The highest BCUT2D eigenvalue weighted by molar-refractivity contribution is 7.85. The lowest BCUT2D eigenvalue weighted by molar-refractivity contribution is -0.297. The summed E-state index contributed by atoms with van der Waals surface area (Å²) in [7, 11) is -4.61. The van der Waals surface area contributed by atoms with Crippen molar-refractivity contribution in [3.63, 3.8) is 0 Å². The average molecular weight is 895 g/mol. The topological polar surface area (TPSA) is 186 Å². The Balaban J connectivity index is 2.47. The Hall–Kier alpha value is -2.91. The Morgan fingerprint density at radius 2 is 0.968 bits per heavy atom. The van der Waals surface area contributed by atoms with Gasteiger partial charge in [-0.15, -0.1) is 0 Å². The van der Waals surface area contributed by atoms with E-state index in [-0.39, 0.29) is 19.4 Å². The first-order valence-corrected chi connectivity index (χ1v) is 25.1. The fraction of sp³-hybridized carbons (Fsp3) is 0.714. The highest BCUT2D eigenvalue weighted by atomic mass is 32.2. The van der Waals surface area contributed by atoms with Gasteiger partial charge in [-0.1, -0.05) is 138 Å². The summed E-state index contributed by atoms with van der Waals surface area (Å²) in [6.45, 7) is 3.66. The van der Waals surface area contributed by atoms with E-state index in [9.17, 15) is 37.9 Å². The Morgan fingerprint density at radius 3 is 1.45 bits per heavy atom. The largest absolute Gasteiger partial charge is 0.462 e. The van der Waals surface area contributed by atoms with E-state index in [0.717, 1.165) is 89.9 Å². The van der Waals surface area contributed by atoms with Crippen LogP contribution >= 0.6 is 0 Å². The molecule has 12 nitrogen and oxygen atoms in total. The van der Waals surface area contributed by atoms with Gasteiger partial charge in [-0.05, 0) is 89.9 Å². The minimum Gasteiger partial charge on any atom is -0.462 e. The number of hydrogen-bond donors (Lipinski definition) is 4. The van der Waals surface area contributed by atoms with Gasteiger partial charge in [-0.25, -0.2) is 0 Å². The minimum absolute atomic E-state index is 0.137. The van der Waals surface area contributed by atoms with Crippen molar-refractivity contribution in [1.82, 2.24) is 0 Å². The molecule has 62 heavy (non-hydrogen) atoms. The summed E-state index contributed by atoms with van der Waals surface area (Å²) in [5.41, 5.74) is 0. The Labute approximate surface area is 374 Å². The van der Waals surface area contributed by atoms with Crippen LogP contribution in [0.3, 0.4) is 0 Å². The number of aliphatic hydroxyl groups excluding tert-OH is 3. The lowest BCUT2D eigenvalue weighted by Gasteiger charge is -2.40. The number of rotatable bonds is 38. The zero-order valence-corrected chi connectivity index (χ0v) is 38.8. The standard InChI is InChI=1S/C49H82O12S/c1-3-5-7-9-11-13-15-17-19-20-21-22-24-25-27-29-31-33-35-37-44(50)58-39-42(40-59-49-48(54)47(53)46(52)43(61-49)41-62(55,56)57)60-45(51)38-36-34-32-30-28-26-23-18-16-14-12-10-8-6-4-2/h11-14,17-19,21-23,25,27,42-43,46-49,52-54H,3-10,15-16,20,24,26,28-41H2,1-2H3,(H,55,56,57)/b13-11+,14-12+,19-17+,22-21+,23-18+,27-25+/t42-,43-,46-,47?,48?,49+/m1/s1. The molecule has 1 aliphatic rings. The van der Waals surface area contributed by atoms with Crippen LogP contribution in [0.5, 0.6) is 0 Å². The van der Waals surface area contributed by atoms with Crippen molar-refractivity contribution in [2.24, 2.45) is 0 Å². The van der Waals surface area contributed by atoms with Crippen molar-refractivity contribution in [1.29, 1.82) is 0 Å². The highest BCUT2D eigenvalue weighted by Crippen LogP contribution is 2.24. The molecule has 6 atom stereocenters. The molecule has 0 spiro atoms. The molecule has 1 fully saturated rings. The van der Waals surface area contributed by atoms with E-state index in [4.69, 9.17) is 18.9 Å². The first kappa shape index (κ1) is 57.1. The van der Waals surface area contributed by atoms with Gasteiger partial charge >= 0.3 is 11.9 Å². The molecule has 13 heteroatoms. The zero-order valence-electron chi connectivity index (χ0n) is 37.9. The van der Waals surface area contributed by atoms with Gasteiger partial charge in [0.1, 0.15) is 36.8 Å². The van der Waals surface area contributed by atoms with Crippen LogP contribution < -0.4 is 0 Å². The predicted octanol–water partition coefficient (Wildman–Crippen LogP) is 9.89. The van der Waals surface area contributed by atoms with E-state index < -0.39 is 71.2 Å². The van der Waals surface area contributed by atoms with Gasteiger partial charge in [0.25, 0.3) is 10.1 Å². The molecule has 0 aromatic carbocycles. The molecular formula is C49H82O12S. The predicted molar refractivity (Wildman–Crippen MR) is 247 cm³/mol. The van der Waals surface area contributed by atoms with E-state index >= 15 is 0 Å². The SMILES string of the molecule is CCCCC/C=C/C/C=C/C/C=C/C/C=C/CCCCCC(=O)OC[C@H](CO[C@H]1O[C@H](CS(=O)(=O)O)[C@@H](O)C(O)C1O)OC(=O)CCCCCCC/C=C/C/C=C/CCCCC. The van der Waals surface area contributed by atoms with Crippen LogP contribution in [0.15, 0.2) is 72.9 Å². The van der Waals surface area contributed by atoms with Crippen molar-refractivity contribution in [3.8, 4) is 0 Å². The number of unbranched alkanes of at least 4 members (excludes halogenated alkanes) is 14. The average Bonchev–Trinajstić information content (AvgIpc) is 3.24. The molecule has 0 saturated carbocycles. The van der Waals surface area contributed by atoms with E-state index in [0.29, 0.717) is 12.8 Å². The third kappa shape index (κ3) is 32.7. The molecule has 0 radical (unpaired) electrons. The summed E-state index contributed by atoms with van der Waals surface area (Å²) in [5.74, 6) is -2.05. The van der Waals surface area contributed by atoms with Crippen molar-refractivity contribution >= 4 is 22.1 Å².